The Bertz CT molecular complexity index is 117. The molecule has 0 aromatic rings. The monoisotopic (exact) mass is 187 g/mol. The van der Waals surface area contributed by atoms with Gasteiger partial charge >= 0.3 is 0 Å². The average Bonchev–Trinajstić information content (AvgIpc) is 2.19. The lowest BCUT2D eigenvalue weighted by atomic mass is 9.93. The van der Waals surface area contributed by atoms with E-state index < -0.39 is 5.60 Å². The molecule has 0 heterocycles. The van der Waals surface area contributed by atoms with Gasteiger partial charge in [-0.15, -0.1) is 0 Å². The van der Waals surface area contributed by atoms with E-state index in [-0.39, 0.29) is 0 Å². The Kier molecular flexibility index (Phi) is 6.35. The molecule has 13 heavy (non-hydrogen) atoms. The van der Waals surface area contributed by atoms with Crippen LogP contribution < -0.4 is 0 Å². The Labute approximate surface area is 82.9 Å². The number of hydrogen-bond acceptors (Lipinski definition) is 2. The van der Waals surface area contributed by atoms with Crippen LogP contribution in [-0.2, 0) is 0 Å². The molecule has 80 valence electrons. The molecule has 0 bridgehead atoms. The Morgan fingerprint density at radius 1 is 1.00 bits per heavy atom. The molecule has 0 saturated heterocycles. The maximum absolute atomic E-state index is 10.0. The third-order valence-corrected chi connectivity index (χ3v) is 3.10. The van der Waals surface area contributed by atoms with Crippen molar-refractivity contribution in [3.8, 4) is 0 Å². The van der Waals surface area contributed by atoms with Crippen LogP contribution in [0.25, 0.3) is 0 Å². The van der Waals surface area contributed by atoms with E-state index in [9.17, 15) is 5.11 Å². The largest absolute Gasteiger partial charge is 0.390 e. The highest BCUT2D eigenvalue weighted by Crippen LogP contribution is 2.19. The lowest BCUT2D eigenvalue weighted by Crippen LogP contribution is -2.34. The molecule has 0 unspecified atom stereocenters. The van der Waals surface area contributed by atoms with Gasteiger partial charge in [-0.3, -0.25) is 0 Å². The highest BCUT2D eigenvalue weighted by atomic mass is 16.3. The van der Waals surface area contributed by atoms with Crippen molar-refractivity contribution in [1.82, 2.24) is 4.90 Å². The van der Waals surface area contributed by atoms with Crippen molar-refractivity contribution in [3.05, 3.63) is 0 Å². The zero-order chi connectivity index (χ0) is 10.3. The number of aliphatic hydroxyl groups is 1. The summed E-state index contributed by atoms with van der Waals surface area (Å²) in [6.07, 6.45) is 2.64. The first kappa shape index (κ1) is 12.9. The second-order valence-corrected chi connectivity index (χ2v) is 3.71. The molecule has 0 aliphatic rings. The average molecular weight is 187 g/mol. The van der Waals surface area contributed by atoms with Gasteiger partial charge in [0.15, 0.2) is 0 Å². The molecule has 0 aliphatic carbocycles. The van der Waals surface area contributed by atoms with Crippen molar-refractivity contribution in [3.63, 3.8) is 0 Å². The van der Waals surface area contributed by atoms with Crippen LogP contribution in [0.2, 0.25) is 0 Å². The molecule has 0 amide bonds. The number of hydrogen-bond donors (Lipinski definition) is 1. The molecule has 0 aromatic carbocycles. The smallest absolute Gasteiger partial charge is 0.0654 e. The maximum atomic E-state index is 10.0. The van der Waals surface area contributed by atoms with E-state index in [4.69, 9.17) is 0 Å². The van der Waals surface area contributed by atoms with E-state index in [1.165, 1.54) is 0 Å². The summed E-state index contributed by atoms with van der Waals surface area (Å²) in [5.74, 6) is 0. The molecule has 0 spiro atoms. The molecule has 0 aromatic heterocycles. The topological polar surface area (TPSA) is 23.5 Å². The predicted octanol–water partition coefficient (Wildman–Crippen LogP) is 2.27. The van der Waals surface area contributed by atoms with Crippen LogP contribution in [-0.4, -0.2) is 35.2 Å². The van der Waals surface area contributed by atoms with Gasteiger partial charge in [-0.05, 0) is 32.4 Å². The maximum Gasteiger partial charge on any atom is 0.0654 e. The van der Waals surface area contributed by atoms with Gasteiger partial charge < -0.3 is 10.0 Å². The van der Waals surface area contributed by atoms with Gasteiger partial charge in [0, 0.05) is 6.54 Å². The summed E-state index contributed by atoms with van der Waals surface area (Å²) in [6.45, 7) is 11.6. The minimum Gasteiger partial charge on any atom is -0.390 e. The molecule has 1 N–H and O–H groups in total. The van der Waals surface area contributed by atoms with Gasteiger partial charge in [0.05, 0.1) is 5.60 Å². The second-order valence-electron chi connectivity index (χ2n) is 3.71. The Morgan fingerprint density at radius 3 is 1.77 bits per heavy atom. The standard InChI is InChI=1S/C11H25NO/c1-5-11(13,6-2)9-10-12(7-3)8-4/h13H,5-10H2,1-4H3. The highest BCUT2D eigenvalue weighted by Gasteiger charge is 2.22. The van der Waals surface area contributed by atoms with E-state index in [0.29, 0.717) is 0 Å². The van der Waals surface area contributed by atoms with Crippen LogP contribution in [0.1, 0.15) is 47.0 Å². The lowest BCUT2D eigenvalue weighted by Gasteiger charge is -2.28. The van der Waals surface area contributed by atoms with Crippen molar-refractivity contribution in [1.29, 1.82) is 0 Å². The summed E-state index contributed by atoms with van der Waals surface area (Å²) in [4.78, 5) is 2.36. The molecule has 0 atom stereocenters. The quantitative estimate of drug-likeness (QED) is 0.661. The van der Waals surface area contributed by atoms with E-state index >= 15 is 0 Å². The van der Waals surface area contributed by atoms with Crippen molar-refractivity contribution < 1.29 is 5.11 Å². The summed E-state index contributed by atoms with van der Waals surface area (Å²) < 4.78 is 0. The van der Waals surface area contributed by atoms with Crippen LogP contribution in [0.5, 0.6) is 0 Å². The zero-order valence-corrected chi connectivity index (χ0v) is 9.64. The predicted molar refractivity (Wildman–Crippen MR) is 57.9 cm³/mol. The molecule has 0 radical (unpaired) electrons. The third kappa shape index (κ3) is 4.63. The fourth-order valence-electron chi connectivity index (χ4n) is 1.51. The highest BCUT2D eigenvalue weighted by molar-refractivity contribution is 4.76. The minimum atomic E-state index is -0.428. The summed E-state index contributed by atoms with van der Waals surface area (Å²) in [6, 6.07) is 0. The Morgan fingerprint density at radius 2 is 1.46 bits per heavy atom. The Balaban J connectivity index is 3.83. The van der Waals surface area contributed by atoms with Gasteiger partial charge in [-0.1, -0.05) is 27.7 Å². The van der Waals surface area contributed by atoms with E-state index in [1.807, 2.05) is 0 Å². The van der Waals surface area contributed by atoms with Crippen molar-refractivity contribution >= 4 is 0 Å². The molecule has 2 heteroatoms. The normalized spacial score (nSPS) is 12.5. The fourth-order valence-corrected chi connectivity index (χ4v) is 1.51. The van der Waals surface area contributed by atoms with Crippen molar-refractivity contribution in [2.45, 2.75) is 52.6 Å². The summed E-state index contributed by atoms with van der Waals surface area (Å²) in [5, 5.41) is 10.0. The first-order valence-electron chi connectivity index (χ1n) is 5.56. The van der Waals surface area contributed by atoms with E-state index in [0.717, 1.165) is 38.9 Å². The molecule has 0 saturated carbocycles. The van der Waals surface area contributed by atoms with E-state index in [2.05, 4.69) is 32.6 Å². The lowest BCUT2D eigenvalue weighted by molar-refractivity contribution is 0.0148. The van der Waals surface area contributed by atoms with Gasteiger partial charge in [-0.2, -0.15) is 0 Å². The summed E-state index contributed by atoms with van der Waals surface area (Å²) in [5.41, 5.74) is -0.428. The number of rotatable bonds is 7. The SMILES string of the molecule is CCN(CC)CCC(O)(CC)CC. The van der Waals surface area contributed by atoms with Gasteiger partial charge in [0.1, 0.15) is 0 Å². The van der Waals surface area contributed by atoms with Gasteiger partial charge in [-0.25, -0.2) is 0 Å². The first-order valence-corrected chi connectivity index (χ1v) is 5.56. The van der Waals surface area contributed by atoms with Crippen molar-refractivity contribution in [2.75, 3.05) is 19.6 Å². The van der Waals surface area contributed by atoms with Gasteiger partial charge in [0.25, 0.3) is 0 Å². The first-order chi connectivity index (χ1) is 6.11. The molecular formula is C11H25NO. The van der Waals surface area contributed by atoms with Gasteiger partial charge in [0.2, 0.25) is 0 Å². The fraction of sp³-hybridized carbons (Fsp3) is 1.00. The zero-order valence-electron chi connectivity index (χ0n) is 9.64. The van der Waals surface area contributed by atoms with Crippen LogP contribution in [0, 0.1) is 0 Å². The van der Waals surface area contributed by atoms with Crippen LogP contribution in [0.4, 0.5) is 0 Å². The molecular weight excluding hydrogens is 162 g/mol. The minimum absolute atomic E-state index is 0.428. The number of nitrogens with zero attached hydrogens (tertiary/aromatic N) is 1. The second kappa shape index (κ2) is 6.39. The molecule has 2 nitrogen and oxygen atoms in total. The van der Waals surface area contributed by atoms with Crippen LogP contribution in [0.15, 0.2) is 0 Å². The van der Waals surface area contributed by atoms with Crippen molar-refractivity contribution in [2.24, 2.45) is 0 Å². The summed E-state index contributed by atoms with van der Waals surface area (Å²) in [7, 11) is 0. The van der Waals surface area contributed by atoms with Crippen LogP contribution in [0.3, 0.4) is 0 Å². The third-order valence-electron chi connectivity index (χ3n) is 3.10. The Hall–Kier alpha value is -0.0800. The molecule has 0 fully saturated rings. The van der Waals surface area contributed by atoms with Crippen LogP contribution >= 0.6 is 0 Å². The van der Waals surface area contributed by atoms with E-state index in [1.54, 1.807) is 0 Å². The molecule has 0 rings (SSSR count). The molecule has 0 aliphatic heterocycles. The summed E-state index contributed by atoms with van der Waals surface area (Å²) >= 11 is 0.